The Balaban J connectivity index is 2.02. The Hall–Kier alpha value is -2.40. The van der Waals surface area contributed by atoms with Crippen molar-refractivity contribution < 1.29 is 9.53 Å². The molecule has 0 aliphatic rings. The van der Waals surface area contributed by atoms with Crippen molar-refractivity contribution in [3.63, 3.8) is 0 Å². The smallest absolute Gasteiger partial charge is 0.261 e. The van der Waals surface area contributed by atoms with E-state index in [1.165, 1.54) is 0 Å². The normalized spacial score (nSPS) is 9.91. The molecule has 114 valence electrons. The number of hydrogen-bond acceptors (Lipinski definition) is 3. The zero-order valence-electron chi connectivity index (χ0n) is 12.6. The van der Waals surface area contributed by atoms with Crippen LogP contribution in [0.2, 0.25) is 0 Å². The second-order valence-corrected chi connectivity index (χ2v) is 5.11. The summed E-state index contributed by atoms with van der Waals surface area (Å²) >= 11 is 5.17. The minimum absolute atomic E-state index is 0.250. The highest BCUT2D eigenvalue weighted by Crippen LogP contribution is 2.17. The summed E-state index contributed by atoms with van der Waals surface area (Å²) in [7, 11) is 0. The van der Waals surface area contributed by atoms with Crippen LogP contribution < -0.4 is 15.4 Å². The van der Waals surface area contributed by atoms with Crippen LogP contribution >= 0.6 is 12.2 Å². The van der Waals surface area contributed by atoms with Gasteiger partial charge in [-0.1, -0.05) is 29.8 Å². The van der Waals surface area contributed by atoms with Gasteiger partial charge < -0.3 is 10.1 Å². The number of anilines is 1. The van der Waals surface area contributed by atoms with E-state index in [4.69, 9.17) is 17.0 Å². The van der Waals surface area contributed by atoms with Crippen LogP contribution in [0.1, 0.15) is 22.8 Å². The summed E-state index contributed by atoms with van der Waals surface area (Å²) in [6, 6.07) is 14.8. The van der Waals surface area contributed by atoms with Crippen molar-refractivity contribution in [3.05, 3.63) is 59.7 Å². The van der Waals surface area contributed by atoms with Gasteiger partial charge in [-0.3, -0.25) is 10.1 Å². The molecular formula is C17H18N2O2S. The van der Waals surface area contributed by atoms with Gasteiger partial charge in [0, 0.05) is 5.69 Å². The van der Waals surface area contributed by atoms with Gasteiger partial charge in [0.2, 0.25) is 0 Å². The molecule has 2 rings (SSSR count). The maximum absolute atomic E-state index is 12.3. The summed E-state index contributed by atoms with van der Waals surface area (Å²) < 4.78 is 5.45. The minimum atomic E-state index is -0.298. The van der Waals surface area contributed by atoms with Crippen LogP contribution in [0.15, 0.2) is 48.5 Å². The first kappa shape index (κ1) is 16.0. The molecule has 0 aliphatic carbocycles. The van der Waals surface area contributed by atoms with E-state index in [-0.39, 0.29) is 11.0 Å². The van der Waals surface area contributed by atoms with E-state index >= 15 is 0 Å². The average molecular weight is 314 g/mol. The zero-order chi connectivity index (χ0) is 15.9. The van der Waals surface area contributed by atoms with Crippen LogP contribution in [-0.2, 0) is 0 Å². The molecule has 2 aromatic carbocycles. The molecule has 0 unspecified atom stereocenters. The Morgan fingerprint density at radius 1 is 1.14 bits per heavy atom. The molecule has 0 aromatic heterocycles. The molecule has 1 amide bonds. The third kappa shape index (κ3) is 4.30. The molecule has 0 radical (unpaired) electrons. The highest BCUT2D eigenvalue weighted by molar-refractivity contribution is 7.80. The standard InChI is InChI=1S/C17H18N2O2S/c1-3-21-15-7-5-4-6-14(15)16(20)19-17(22)18-13-10-8-12(2)9-11-13/h4-11H,3H2,1-2H3,(H2,18,19,20,22). The monoisotopic (exact) mass is 314 g/mol. The highest BCUT2D eigenvalue weighted by Gasteiger charge is 2.13. The number of para-hydroxylation sites is 1. The van der Waals surface area contributed by atoms with E-state index in [0.717, 1.165) is 11.3 Å². The van der Waals surface area contributed by atoms with Crippen LogP contribution in [0.4, 0.5) is 5.69 Å². The predicted molar refractivity (Wildman–Crippen MR) is 92.5 cm³/mol. The molecule has 0 heterocycles. The van der Waals surface area contributed by atoms with Gasteiger partial charge in [-0.05, 0) is 50.3 Å². The summed E-state index contributed by atoms with van der Waals surface area (Å²) in [5.74, 6) is 0.245. The van der Waals surface area contributed by atoms with Gasteiger partial charge in [-0.2, -0.15) is 0 Å². The van der Waals surface area contributed by atoms with Crippen LogP contribution in [0.5, 0.6) is 5.75 Å². The van der Waals surface area contributed by atoms with E-state index in [0.29, 0.717) is 17.9 Å². The number of hydrogen-bond donors (Lipinski definition) is 2. The van der Waals surface area contributed by atoms with Crippen LogP contribution in [0.3, 0.4) is 0 Å². The second-order valence-electron chi connectivity index (χ2n) is 4.70. The van der Waals surface area contributed by atoms with Gasteiger partial charge in [0.05, 0.1) is 12.2 Å². The van der Waals surface area contributed by atoms with Crippen molar-refractivity contribution in [2.24, 2.45) is 0 Å². The fourth-order valence-corrected chi connectivity index (χ4v) is 2.12. The Kier molecular flexibility index (Phi) is 5.49. The number of carbonyl (C=O) groups is 1. The number of ether oxygens (including phenoxy) is 1. The van der Waals surface area contributed by atoms with Gasteiger partial charge in [0.25, 0.3) is 5.91 Å². The molecule has 0 spiro atoms. The number of carbonyl (C=O) groups excluding carboxylic acids is 1. The highest BCUT2D eigenvalue weighted by atomic mass is 32.1. The van der Waals surface area contributed by atoms with Crippen molar-refractivity contribution in [3.8, 4) is 5.75 Å². The Morgan fingerprint density at radius 2 is 1.82 bits per heavy atom. The van der Waals surface area contributed by atoms with E-state index in [9.17, 15) is 4.79 Å². The average Bonchev–Trinajstić information content (AvgIpc) is 2.50. The predicted octanol–water partition coefficient (Wildman–Crippen LogP) is 3.52. The van der Waals surface area contributed by atoms with Gasteiger partial charge in [0.1, 0.15) is 5.75 Å². The van der Waals surface area contributed by atoms with Crippen molar-refractivity contribution in [1.82, 2.24) is 5.32 Å². The van der Waals surface area contributed by atoms with Gasteiger partial charge in [-0.15, -0.1) is 0 Å². The zero-order valence-corrected chi connectivity index (χ0v) is 13.4. The third-order valence-electron chi connectivity index (χ3n) is 2.97. The number of rotatable bonds is 4. The molecule has 2 N–H and O–H groups in total. The lowest BCUT2D eigenvalue weighted by molar-refractivity contribution is 0.0974. The van der Waals surface area contributed by atoms with Crippen molar-refractivity contribution in [2.45, 2.75) is 13.8 Å². The molecule has 0 fully saturated rings. The van der Waals surface area contributed by atoms with E-state index in [2.05, 4.69) is 10.6 Å². The lowest BCUT2D eigenvalue weighted by Crippen LogP contribution is -2.34. The number of nitrogens with one attached hydrogen (secondary N) is 2. The van der Waals surface area contributed by atoms with E-state index in [1.807, 2.05) is 44.2 Å². The number of benzene rings is 2. The van der Waals surface area contributed by atoms with Crippen LogP contribution in [0.25, 0.3) is 0 Å². The van der Waals surface area contributed by atoms with Gasteiger partial charge in [0.15, 0.2) is 5.11 Å². The molecule has 0 atom stereocenters. The molecule has 0 aliphatic heterocycles. The van der Waals surface area contributed by atoms with Crippen molar-refractivity contribution in [1.29, 1.82) is 0 Å². The van der Waals surface area contributed by atoms with Crippen molar-refractivity contribution in [2.75, 3.05) is 11.9 Å². The Labute approximate surface area is 135 Å². The maximum Gasteiger partial charge on any atom is 0.261 e. The first-order valence-corrected chi connectivity index (χ1v) is 7.42. The summed E-state index contributed by atoms with van der Waals surface area (Å²) in [5.41, 5.74) is 2.44. The number of aryl methyl sites for hydroxylation is 1. The van der Waals surface area contributed by atoms with Crippen molar-refractivity contribution >= 4 is 28.9 Å². The topological polar surface area (TPSA) is 50.4 Å². The van der Waals surface area contributed by atoms with Crippen LogP contribution in [0, 0.1) is 6.92 Å². The lowest BCUT2D eigenvalue weighted by atomic mass is 10.2. The summed E-state index contributed by atoms with van der Waals surface area (Å²) in [5, 5.41) is 5.89. The molecular weight excluding hydrogens is 296 g/mol. The first-order chi connectivity index (χ1) is 10.6. The van der Waals surface area contributed by atoms with E-state index < -0.39 is 0 Å². The molecule has 0 saturated carbocycles. The molecule has 22 heavy (non-hydrogen) atoms. The second kappa shape index (κ2) is 7.56. The molecule has 4 nitrogen and oxygen atoms in total. The van der Waals surface area contributed by atoms with Gasteiger partial charge >= 0.3 is 0 Å². The SMILES string of the molecule is CCOc1ccccc1C(=O)NC(=S)Nc1ccc(C)cc1. The molecule has 0 saturated heterocycles. The quantitative estimate of drug-likeness (QED) is 0.848. The summed E-state index contributed by atoms with van der Waals surface area (Å²) in [6.07, 6.45) is 0. The van der Waals surface area contributed by atoms with E-state index in [1.54, 1.807) is 18.2 Å². The molecule has 2 aromatic rings. The maximum atomic E-state index is 12.3. The van der Waals surface area contributed by atoms with Crippen LogP contribution in [-0.4, -0.2) is 17.6 Å². The lowest BCUT2D eigenvalue weighted by Gasteiger charge is -2.12. The molecule has 0 bridgehead atoms. The Bertz CT molecular complexity index is 669. The summed E-state index contributed by atoms with van der Waals surface area (Å²) in [6.45, 7) is 4.38. The fourth-order valence-electron chi connectivity index (χ4n) is 1.91. The number of thiocarbonyl (C=S) groups is 1. The number of amides is 1. The minimum Gasteiger partial charge on any atom is -0.493 e. The van der Waals surface area contributed by atoms with Gasteiger partial charge in [-0.25, -0.2) is 0 Å². The fraction of sp³-hybridized carbons (Fsp3) is 0.176. The largest absolute Gasteiger partial charge is 0.493 e. The Morgan fingerprint density at radius 3 is 2.50 bits per heavy atom. The third-order valence-corrected chi connectivity index (χ3v) is 3.17. The molecule has 5 heteroatoms. The first-order valence-electron chi connectivity index (χ1n) is 7.01. The summed E-state index contributed by atoms with van der Waals surface area (Å²) in [4.78, 5) is 12.3.